The average Bonchev–Trinajstić information content (AvgIpc) is 2.84. The second kappa shape index (κ2) is 13.5. The first-order valence-corrected chi connectivity index (χ1v) is 11.8. The van der Waals surface area contributed by atoms with Crippen LogP contribution in [0.1, 0.15) is 44.6 Å². The first-order chi connectivity index (χ1) is 15.7. The molecule has 1 saturated heterocycles. The number of hydrogen-bond acceptors (Lipinski definition) is 5. The molecule has 6 heteroatoms. The van der Waals surface area contributed by atoms with Gasteiger partial charge in [-0.25, -0.2) is 5.43 Å². The van der Waals surface area contributed by atoms with Crippen LogP contribution in [-0.2, 0) is 4.79 Å². The van der Waals surface area contributed by atoms with Gasteiger partial charge in [0.05, 0.1) is 12.8 Å². The predicted molar refractivity (Wildman–Crippen MR) is 132 cm³/mol. The van der Waals surface area contributed by atoms with E-state index in [-0.39, 0.29) is 5.91 Å². The number of rotatable bonds is 12. The Morgan fingerprint density at radius 1 is 1.00 bits per heavy atom. The summed E-state index contributed by atoms with van der Waals surface area (Å²) in [6.07, 6.45) is 6.91. The summed E-state index contributed by atoms with van der Waals surface area (Å²) < 4.78 is 5.75. The highest BCUT2D eigenvalue weighted by atomic mass is 16.5. The van der Waals surface area contributed by atoms with Gasteiger partial charge < -0.3 is 9.64 Å². The number of carbonyl (C=O) groups excluding carboxylic acids is 1. The number of hydrogen-bond donors (Lipinski definition) is 1. The van der Waals surface area contributed by atoms with E-state index in [1.165, 1.54) is 24.9 Å². The lowest BCUT2D eigenvalue weighted by molar-refractivity contribution is -0.121. The van der Waals surface area contributed by atoms with Crippen LogP contribution in [0.25, 0.3) is 0 Å². The maximum atomic E-state index is 12.1. The fourth-order valence-electron chi connectivity index (χ4n) is 3.73. The molecule has 1 heterocycles. The van der Waals surface area contributed by atoms with Crippen molar-refractivity contribution in [2.75, 3.05) is 44.2 Å². The molecular weight excluding hydrogens is 400 g/mol. The number of hydrazone groups is 1. The van der Waals surface area contributed by atoms with Crippen LogP contribution in [0.15, 0.2) is 59.7 Å². The Morgan fingerprint density at radius 2 is 1.75 bits per heavy atom. The molecule has 0 atom stereocenters. The molecule has 32 heavy (non-hydrogen) atoms. The highest BCUT2D eigenvalue weighted by Gasteiger charge is 2.17. The Hall–Kier alpha value is -2.86. The van der Waals surface area contributed by atoms with Crippen molar-refractivity contribution < 1.29 is 9.53 Å². The van der Waals surface area contributed by atoms with E-state index in [1.807, 2.05) is 30.3 Å². The molecule has 0 radical (unpaired) electrons. The molecule has 1 aliphatic rings. The zero-order valence-corrected chi connectivity index (χ0v) is 19.2. The molecular formula is C26H36N4O2. The number of piperazine rings is 1. The minimum absolute atomic E-state index is 0.0567. The molecule has 172 valence electrons. The molecule has 0 saturated carbocycles. The van der Waals surface area contributed by atoms with Crippen LogP contribution >= 0.6 is 0 Å². The van der Waals surface area contributed by atoms with Crippen LogP contribution in [0.4, 0.5) is 5.69 Å². The number of carbonyl (C=O) groups is 1. The third kappa shape index (κ3) is 8.35. The van der Waals surface area contributed by atoms with Crippen LogP contribution in [0.5, 0.6) is 5.75 Å². The summed E-state index contributed by atoms with van der Waals surface area (Å²) in [6.45, 7) is 7.64. The molecule has 2 aromatic carbocycles. The number of nitrogens with zero attached hydrogens (tertiary/aromatic N) is 3. The van der Waals surface area contributed by atoms with Gasteiger partial charge in [0, 0.05) is 44.8 Å². The molecule has 3 rings (SSSR count). The lowest BCUT2D eigenvalue weighted by atomic mass is 10.2. The maximum Gasteiger partial charge on any atom is 0.241 e. The molecule has 1 N–H and O–H groups in total. The Labute approximate surface area is 192 Å². The van der Waals surface area contributed by atoms with E-state index in [2.05, 4.69) is 51.5 Å². The minimum atomic E-state index is -0.0567. The van der Waals surface area contributed by atoms with Gasteiger partial charge in [0.2, 0.25) is 5.91 Å². The van der Waals surface area contributed by atoms with Gasteiger partial charge in [0.15, 0.2) is 0 Å². The number of benzene rings is 2. The van der Waals surface area contributed by atoms with E-state index in [9.17, 15) is 4.79 Å². The summed E-state index contributed by atoms with van der Waals surface area (Å²) in [4.78, 5) is 16.9. The predicted octanol–water partition coefficient (Wildman–Crippen LogP) is 4.31. The van der Waals surface area contributed by atoms with Crippen molar-refractivity contribution in [3.05, 3.63) is 60.2 Å². The standard InChI is InChI=1S/C26H36N4O2/c1-2-3-4-8-21-32-25-13-11-23(12-14-25)22-27-28-26(31)15-16-29-17-19-30(20-18-29)24-9-6-5-7-10-24/h5-7,9-14,22H,2-4,8,15-21H2,1H3,(H,28,31)/b27-22+. The van der Waals surface area contributed by atoms with Crippen molar-refractivity contribution in [3.63, 3.8) is 0 Å². The third-order valence-corrected chi connectivity index (χ3v) is 5.70. The molecule has 2 aromatic rings. The van der Waals surface area contributed by atoms with Crippen molar-refractivity contribution in [1.29, 1.82) is 0 Å². The Balaban J connectivity index is 1.29. The SMILES string of the molecule is CCCCCCOc1ccc(/C=N/NC(=O)CCN2CCN(c3ccccc3)CC2)cc1. The number of amides is 1. The van der Waals surface area contributed by atoms with Gasteiger partial charge in [0.25, 0.3) is 0 Å². The van der Waals surface area contributed by atoms with E-state index in [0.717, 1.165) is 57.1 Å². The largest absolute Gasteiger partial charge is 0.494 e. The smallest absolute Gasteiger partial charge is 0.241 e. The van der Waals surface area contributed by atoms with Gasteiger partial charge in [-0.05, 0) is 48.4 Å². The van der Waals surface area contributed by atoms with E-state index in [1.54, 1.807) is 6.21 Å². The lowest BCUT2D eigenvalue weighted by Gasteiger charge is -2.36. The van der Waals surface area contributed by atoms with Gasteiger partial charge in [-0.2, -0.15) is 5.10 Å². The summed E-state index contributed by atoms with van der Waals surface area (Å²) in [6, 6.07) is 18.3. The molecule has 1 fully saturated rings. The summed E-state index contributed by atoms with van der Waals surface area (Å²) in [5, 5.41) is 4.09. The summed E-state index contributed by atoms with van der Waals surface area (Å²) in [7, 11) is 0. The molecule has 0 unspecified atom stereocenters. The van der Waals surface area contributed by atoms with Crippen molar-refractivity contribution >= 4 is 17.8 Å². The van der Waals surface area contributed by atoms with Crippen molar-refractivity contribution in [1.82, 2.24) is 10.3 Å². The van der Waals surface area contributed by atoms with E-state index < -0.39 is 0 Å². The topological polar surface area (TPSA) is 57.2 Å². The molecule has 0 aliphatic carbocycles. The quantitative estimate of drug-likeness (QED) is 0.306. The summed E-state index contributed by atoms with van der Waals surface area (Å²) >= 11 is 0. The Kier molecular flexibility index (Phi) is 10.1. The number of nitrogens with one attached hydrogen (secondary N) is 1. The second-order valence-electron chi connectivity index (χ2n) is 8.19. The zero-order valence-electron chi connectivity index (χ0n) is 19.2. The monoisotopic (exact) mass is 436 g/mol. The fourth-order valence-corrected chi connectivity index (χ4v) is 3.73. The zero-order chi connectivity index (χ0) is 22.4. The molecule has 1 amide bonds. The van der Waals surface area contributed by atoms with E-state index >= 15 is 0 Å². The molecule has 0 bridgehead atoms. The lowest BCUT2D eigenvalue weighted by Crippen LogP contribution is -2.47. The molecule has 1 aliphatic heterocycles. The van der Waals surface area contributed by atoms with Gasteiger partial charge >= 0.3 is 0 Å². The Morgan fingerprint density at radius 3 is 2.47 bits per heavy atom. The number of anilines is 1. The van der Waals surface area contributed by atoms with Gasteiger partial charge in [-0.3, -0.25) is 9.69 Å². The molecule has 0 aromatic heterocycles. The van der Waals surface area contributed by atoms with Crippen molar-refractivity contribution in [3.8, 4) is 5.75 Å². The Bertz CT molecular complexity index is 815. The highest BCUT2D eigenvalue weighted by Crippen LogP contribution is 2.15. The summed E-state index contributed by atoms with van der Waals surface area (Å²) in [5.41, 5.74) is 4.84. The second-order valence-corrected chi connectivity index (χ2v) is 8.19. The van der Waals surface area contributed by atoms with Gasteiger partial charge in [-0.1, -0.05) is 44.4 Å². The van der Waals surface area contributed by atoms with E-state index in [0.29, 0.717) is 6.42 Å². The average molecular weight is 437 g/mol. The first-order valence-electron chi connectivity index (χ1n) is 11.8. The van der Waals surface area contributed by atoms with Crippen LogP contribution < -0.4 is 15.1 Å². The van der Waals surface area contributed by atoms with E-state index in [4.69, 9.17) is 4.74 Å². The van der Waals surface area contributed by atoms with Gasteiger partial charge in [-0.15, -0.1) is 0 Å². The van der Waals surface area contributed by atoms with Crippen LogP contribution in [0, 0.1) is 0 Å². The highest BCUT2D eigenvalue weighted by molar-refractivity contribution is 5.82. The van der Waals surface area contributed by atoms with Gasteiger partial charge in [0.1, 0.15) is 5.75 Å². The number of ether oxygens (including phenoxy) is 1. The van der Waals surface area contributed by atoms with Crippen LogP contribution in [-0.4, -0.2) is 56.4 Å². The van der Waals surface area contributed by atoms with Crippen LogP contribution in [0.3, 0.4) is 0 Å². The normalized spacial score (nSPS) is 14.6. The number of para-hydroxylation sites is 1. The van der Waals surface area contributed by atoms with Crippen LogP contribution in [0.2, 0.25) is 0 Å². The number of unbranched alkanes of at least 4 members (excludes halogenated alkanes) is 3. The van der Waals surface area contributed by atoms with Crippen molar-refractivity contribution in [2.45, 2.75) is 39.0 Å². The third-order valence-electron chi connectivity index (χ3n) is 5.70. The first kappa shape index (κ1) is 23.8. The fraction of sp³-hybridized carbons (Fsp3) is 0.462. The minimum Gasteiger partial charge on any atom is -0.494 e. The molecule has 0 spiro atoms. The maximum absolute atomic E-state index is 12.1. The molecule has 6 nitrogen and oxygen atoms in total. The summed E-state index contributed by atoms with van der Waals surface area (Å²) in [5.74, 6) is 0.814. The van der Waals surface area contributed by atoms with Crippen molar-refractivity contribution in [2.24, 2.45) is 5.10 Å².